The van der Waals surface area contributed by atoms with Crippen LogP contribution in [0.15, 0.2) is 48.5 Å². The molecule has 4 aromatic rings. The minimum absolute atomic E-state index is 0.137. The number of halogens is 2. The summed E-state index contributed by atoms with van der Waals surface area (Å²) in [6.45, 7) is 5.18. The van der Waals surface area contributed by atoms with Gasteiger partial charge in [-0.25, -0.2) is 9.37 Å². The third-order valence-corrected chi connectivity index (χ3v) is 7.19. The highest BCUT2D eigenvalue weighted by Gasteiger charge is 2.31. The number of aromatic nitrogens is 3. The van der Waals surface area contributed by atoms with Crippen LogP contribution in [0.5, 0.6) is 5.88 Å². The number of anilines is 1. The van der Waals surface area contributed by atoms with Gasteiger partial charge < -0.3 is 10.0 Å². The van der Waals surface area contributed by atoms with Gasteiger partial charge in [0.15, 0.2) is 5.82 Å². The molecule has 0 bridgehead atoms. The van der Waals surface area contributed by atoms with Gasteiger partial charge in [-0.2, -0.15) is 4.52 Å². The molecule has 1 aliphatic heterocycles. The standard InChI is InChI=1S/C23H23ClFN5OS/c1-2-19-26-23-30(27-19)22(31)21(32-23)20(15-3-5-16(24)6-4-15)29-13-11-28(12-14-29)18-9-7-17(25)8-10-18/h3-10,20,31H,2,11-14H2,1H3/t20-/m1/s1. The average molecular weight is 472 g/mol. The third kappa shape index (κ3) is 3.94. The van der Waals surface area contributed by atoms with Gasteiger partial charge in [0.05, 0.1) is 10.9 Å². The zero-order chi connectivity index (χ0) is 22.2. The lowest BCUT2D eigenvalue weighted by Gasteiger charge is -2.40. The smallest absolute Gasteiger partial charge is 0.230 e. The molecule has 3 heterocycles. The molecule has 1 N–H and O–H groups in total. The molecular weight excluding hydrogens is 449 g/mol. The Hall–Kier alpha value is -2.68. The first kappa shape index (κ1) is 21.2. The number of hydrogen-bond acceptors (Lipinski definition) is 6. The van der Waals surface area contributed by atoms with Crippen molar-refractivity contribution in [2.45, 2.75) is 19.4 Å². The van der Waals surface area contributed by atoms with E-state index in [2.05, 4.69) is 19.9 Å². The van der Waals surface area contributed by atoms with E-state index in [0.717, 1.165) is 48.7 Å². The second kappa shape index (κ2) is 8.69. The number of benzene rings is 2. The second-order valence-electron chi connectivity index (χ2n) is 7.82. The molecule has 5 rings (SSSR count). The van der Waals surface area contributed by atoms with Gasteiger partial charge in [-0.1, -0.05) is 42.0 Å². The minimum Gasteiger partial charge on any atom is -0.492 e. The molecule has 32 heavy (non-hydrogen) atoms. The summed E-state index contributed by atoms with van der Waals surface area (Å²) in [7, 11) is 0. The molecule has 9 heteroatoms. The van der Waals surface area contributed by atoms with E-state index < -0.39 is 0 Å². The van der Waals surface area contributed by atoms with E-state index in [4.69, 9.17) is 11.6 Å². The Morgan fingerprint density at radius 1 is 1.06 bits per heavy atom. The summed E-state index contributed by atoms with van der Waals surface area (Å²) in [6.07, 6.45) is 0.717. The molecule has 1 aliphatic rings. The Morgan fingerprint density at radius 2 is 1.75 bits per heavy atom. The van der Waals surface area contributed by atoms with Crippen molar-refractivity contribution in [1.82, 2.24) is 19.5 Å². The lowest BCUT2D eigenvalue weighted by atomic mass is 10.0. The number of aryl methyl sites for hydroxylation is 1. The topological polar surface area (TPSA) is 56.9 Å². The van der Waals surface area contributed by atoms with E-state index in [1.165, 1.54) is 28.0 Å². The summed E-state index contributed by atoms with van der Waals surface area (Å²) in [4.78, 5) is 10.7. The predicted octanol–water partition coefficient (Wildman–Crippen LogP) is 4.76. The number of hydrogen-bond donors (Lipinski definition) is 1. The number of piperazine rings is 1. The van der Waals surface area contributed by atoms with Crippen molar-refractivity contribution >= 4 is 33.6 Å². The van der Waals surface area contributed by atoms with Gasteiger partial charge in [0.25, 0.3) is 0 Å². The first-order chi connectivity index (χ1) is 15.5. The molecule has 0 unspecified atom stereocenters. The van der Waals surface area contributed by atoms with Crippen LogP contribution in [0.3, 0.4) is 0 Å². The molecule has 1 atom stereocenters. The van der Waals surface area contributed by atoms with E-state index >= 15 is 0 Å². The van der Waals surface area contributed by atoms with Crippen LogP contribution < -0.4 is 4.90 Å². The van der Waals surface area contributed by atoms with Crippen LogP contribution in [0.4, 0.5) is 10.1 Å². The fourth-order valence-corrected chi connectivity index (χ4v) is 5.44. The molecule has 0 radical (unpaired) electrons. The Bertz CT molecular complexity index is 1220. The normalized spacial score (nSPS) is 16.0. The van der Waals surface area contributed by atoms with Crippen LogP contribution in [0, 0.1) is 5.82 Å². The fourth-order valence-electron chi connectivity index (χ4n) is 4.18. The molecule has 2 aromatic heterocycles. The first-order valence-electron chi connectivity index (χ1n) is 10.6. The minimum atomic E-state index is -0.229. The van der Waals surface area contributed by atoms with Crippen LogP contribution in [0.25, 0.3) is 4.96 Å². The van der Waals surface area contributed by atoms with Gasteiger partial charge in [-0.15, -0.1) is 5.10 Å². The lowest BCUT2D eigenvalue weighted by molar-refractivity contribution is 0.211. The van der Waals surface area contributed by atoms with E-state index in [0.29, 0.717) is 15.8 Å². The van der Waals surface area contributed by atoms with Crippen molar-refractivity contribution in [3.8, 4) is 5.88 Å². The van der Waals surface area contributed by atoms with Gasteiger partial charge in [-0.3, -0.25) is 4.90 Å². The summed E-state index contributed by atoms with van der Waals surface area (Å²) in [6, 6.07) is 14.3. The maximum atomic E-state index is 13.3. The molecule has 166 valence electrons. The zero-order valence-electron chi connectivity index (χ0n) is 17.6. The highest BCUT2D eigenvalue weighted by Crippen LogP contribution is 2.40. The molecule has 2 aromatic carbocycles. The summed E-state index contributed by atoms with van der Waals surface area (Å²) in [5, 5.41) is 16.2. The molecule has 0 aliphatic carbocycles. The van der Waals surface area contributed by atoms with Crippen molar-refractivity contribution < 1.29 is 9.50 Å². The van der Waals surface area contributed by atoms with Crippen LogP contribution in [-0.4, -0.2) is 50.8 Å². The van der Waals surface area contributed by atoms with Crippen molar-refractivity contribution in [1.29, 1.82) is 0 Å². The summed E-state index contributed by atoms with van der Waals surface area (Å²) < 4.78 is 14.8. The largest absolute Gasteiger partial charge is 0.492 e. The predicted molar refractivity (Wildman–Crippen MR) is 125 cm³/mol. The summed E-state index contributed by atoms with van der Waals surface area (Å²) >= 11 is 7.61. The van der Waals surface area contributed by atoms with Crippen molar-refractivity contribution in [2.75, 3.05) is 31.1 Å². The van der Waals surface area contributed by atoms with Crippen molar-refractivity contribution in [3.63, 3.8) is 0 Å². The SMILES string of the molecule is CCc1nc2sc([C@@H](c3ccc(Cl)cc3)N3CCN(c4ccc(F)cc4)CC3)c(O)n2n1. The van der Waals surface area contributed by atoms with Crippen molar-refractivity contribution in [3.05, 3.63) is 75.6 Å². The number of fused-ring (bicyclic) bond motifs is 1. The maximum Gasteiger partial charge on any atom is 0.230 e. The zero-order valence-corrected chi connectivity index (χ0v) is 19.2. The van der Waals surface area contributed by atoms with Gasteiger partial charge in [0, 0.05) is 43.3 Å². The first-order valence-corrected chi connectivity index (χ1v) is 11.8. The number of thiazole rings is 1. The van der Waals surface area contributed by atoms with E-state index in [1.54, 1.807) is 0 Å². The fraction of sp³-hybridized carbons (Fsp3) is 0.304. The highest BCUT2D eigenvalue weighted by molar-refractivity contribution is 7.17. The van der Waals surface area contributed by atoms with Crippen LogP contribution in [-0.2, 0) is 6.42 Å². The van der Waals surface area contributed by atoms with Crippen molar-refractivity contribution in [2.24, 2.45) is 0 Å². The molecular formula is C23H23ClFN5OS. The third-order valence-electron chi connectivity index (χ3n) is 5.87. The monoisotopic (exact) mass is 471 g/mol. The average Bonchev–Trinajstić information content (AvgIpc) is 3.35. The number of rotatable bonds is 5. The summed E-state index contributed by atoms with van der Waals surface area (Å²) in [5.74, 6) is 0.625. The maximum absolute atomic E-state index is 13.3. The van der Waals surface area contributed by atoms with Crippen LogP contribution >= 0.6 is 22.9 Å². The lowest BCUT2D eigenvalue weighted by Crippen LogP contribution is -2.47. The molecule has 1 saturated heterocycles. The molecule has 0 spiro atoms. The Labute approximate surface area is 194 Å². The molecule has 0 amide bonds. The van der Waals surface area contributed by atoms with Gasteiger partial charge >= 0.3 is 0 Å². The Kier molecular flexibility index (Phi) is 5.75. The number of nitrogens with zero attached hydrogens (tertiary/aromatic N) is 5. The van der Waals surface area contributed by atoms with E-state index in [-0.39, 0.29) is 17.7 Å². The second-order valence-corrected chi connectivity index (χ2v) is 9.26. The van der Waals surface area contributed by atoms with E-state index in [1.807, 2.05) is 43.3 Å². The van der Waals surface area contributed by atoms with E-state index in [9.17, 15) is 9.50 Å². The van der Waals surface area contributed by atoms with Gasteiger partial charge in [0.1, 0.15) is 5.82 Å². The van der Waals surface area contributed by atoms with Gasteiger partial charge in [0.2, 0.25) is 10.8 Å². The molecule has 0 saturated carbocycles. The Morgan fingerprint density at radius 3 is 2.38 bits per heavy atom. The Balaban J connectivity index is 1.46. The van der Waals surface area contributed by atoms with Crippen LogP contribution in [0.2, 0.25) is 5.02 Å². The van der Waals surface area contributed by atoms with Gasteiger partial charge in [-0.05, 0) is 42.0 Å². The summed E-state index contributed by atoms with van der Waals surface area (Å²) in [5.41, 5.74) is 2.07. The van der Waals surface area contributed by atoms with Crippen LogP contribution in [0.1, 0.15) is 29.2 Å². The molecule has 1 fully saturated rings. The molecule has 6 nitrogen and oxygen atoms in total. The highest BCUT2D eigenvalue weighted by atomic mass is 35.5. The quantitative estimate of drug-likeness (QED) is 0.454. The number of aromatic hydroxyl groups is 1.